The zero-order chi connectivity index (χ0) is 54.5. The SMILES string of the molecule is CC=Cc1ccc(CC(=O)N(CCN(C)C)C(C)c2nc3ccccc3c(=O)n2-c2ccc(F)cc2)cc1.CCCc1ccc(CC(=O)N(CCN(C)C)C(C)c2nc3ccccc3c(=O)n2-c2ccc(F)cc2)cc1. The van der Waals surface area contributed by atoms with Crippen molar-refractivity contribution in [2.24, 2.45) is 0 Å². The lowest BCUT2D eigenvalue weighted by atomic mass is 10.0. The molecule has 6 aromatic carbocycles. The lowest BCUT2D eigenvalue weighted by molar-refractivity contribution is -0.133. The molecule has 76 heavy (non-hydrogen) atoms. The Morgan fingerprint density at radius 3 is 1.30 bits per heavy atom. The number of aryl methyl sites for hydroxylation is 1. The fraction of sp³-hybridized carbons (Fsp3) is 0.290. The Morgan fingerprint density at radius 1 is 0.539 bits per heavy atom. The standard InChI is InChI=1S/C31H35FN4O2.C31H33FN4O2/c2*1-5-8-23-11-13-24(14-12-23)21-29(37)35(20-19-34(3)4)22(2)30-33-28-10-7-6-9-27(28)31(38)36(30)26-17-15-25(32)16-18-26/h6-7,9-18,22H,5,8,19-21H2,1-4H3;5-18,22H,19-21H2,1-4H3. The van der Waals surface area contributed by atoms with Crippen molar-refractivity contribution in [3.8, 4) is 11.4 Å². The van der Waals surface area contributed by atoms with Gasteiger partial charge in [0.15, 0.2) is 0 Å². The van der Waals surface area contributed by atoms with E-state index in [1.807, 2.05) is 119 Å². The highest BCUT2D eigenvalue weighted by Gasteiger charge is 2.29. The molecule has 8 aromatic rings. The number of allylic oxidation sites excluding steroid dienone is 1. The number of nitrogens with zero attached hydrogens (tertiary/aromatic N) is 8. The number of likely N-dealkylation sites (N-methyl/N-ethyl adjacent to an activating group) is 2. The normalized spacial score (nSPS) is 12.3. The van der Waals surface area contributed by atoms with Crippen LogP contribution >= 0.6 is 0 Å². The van der Waals surface area contributed by atoms with Gasteiger partial charge in [0, 0.05) is 26.2 Å². The van der Waals surface area contributed by atoms with Crippen LogP contribution in [0.5, 0.6) is 0 Å². The van der Waals surface area contributed by atoms with E-state index < -0.39 is 23.7 Å². The highest BCUT2D eigenvalue weighted by atomic mass is 19.1. The fourth-order valence-electron chi connectivity index (χ4n) is 9.11. The number of hydrogen-bond acceptors (Lipinski definition) is 8. The molecule has 0 saturated carbocycles. The summed E-state index contributed by atoms with van der Waals surface area (Å²) in [5.74, 6) is -0.0327. The maximum absolute atomic E-state index is 13.7. The second kappa shape index (κ2) is 26.0. The number of benzene rings is 6. The van der Waals surface area contributed by atoms with Crippen LogP contribution in [0.3, 0.4) is 0 Å². The van der Waals surface area contributed by atoms with Crippen LogP contribution in [-0.4, -0.2) is 105 Å². The number of halogens is 2. The summed E-state index contributed by atoms with van der Waals surface area (Å²) in [6.07, 6.45) is 6.54. The van der Waals surface area contributed by atoms with E-state index in [0.717, 1.165) is 29.5 Å². The second-order valence-electron chi connectivity index (χ2n) is 19.5. The van der Waals surface area contributed by atoms with Crippen LogP contribution in [-0.2, 0) is 28.9 Å². The van der Waals surface area contributed by atoms with Gasteiger partial charge in [-0.2, -0.15) is 0 Å². The van der Waals surface area contributed by atoms with Crippen molar-refractivity contribution in [2.75, 3.05) is 54.4 Å². The van der Waals surface area contributed by atoms with Gasteiger partial charge in [-0.05, 0) is 150 Å². The summed E-state index contributed by atoms with van der Waals surface area (Å²) in [6.45, 7) is 10.1. The van der Waals surface area contributed by atoms with Crippen LogP contribution in [0.4, 0.5) is 8.78 Å². The molecular weight excluding hydrogens is 959 g/mol. The van der Waals surface area contributed by atoms with Gasteiger partial charge in [0.05, 0.1) is 58.1 Å². The van der Waals surface area contributed by atoms with E-state index in [2.05, 4.69) is 19.1 Å². The third-order valence-corrected chi connectivity index (χ3v) is 13.3. The summed E-state index contributed by atoms with van der Waals surface area (Å²) in [4.78, 5) is 72.2. The van der Waals surface area contributed by atoms with Crippen LogP contribution < -0.4 is 11.1 Å². The third-order valence-electron chi connectivity index (χ3n) is 13.3. The Balaban J connectivity index is 0.000000221. The predicted octanol–water partition coefficient (Wildman–Crippen LogP) is 10.4. The van der Waals surface area contributed by atoms with Gasteiger partial charge in [-0.3, -0.25) is 28.3 Å². The zero-order valence-electron chi connectivity index (χ0n) is 44.8. The molecule has 2 heterocycles. The van der Waals surface area contributed by atoms with Crippen LogP contribution in [0.2, 0.25) is 0 Å². The first-order chi connectivity index (χ1) is 36.6. The van der Waals surface area contributed by atoms with Gasteiger partial charge in [-0.25, -0.2) is 18.7 Å². The molecule has 12 nitrogen and oxygen atoms in total. The van der Waals surface area contributed by atoms with Gasteiger partial charge in [0.2, 0.25) is 11.8 Å². The molecule has 0 aliphatic rings. The number of rotatable bonds is 19. The smallest absolute Gasteiger partial charge is 0.266 e. The fourth-order valence-corrected chi connectivity index (χ4v) is 9.11. The van der Waals surface area contributed by atoms with Gasteiger partial charge in [-0.15, -0.1) is 0 Å². The first-order valence-corrected chi connectivity index (χ1v) is 25.8. The molecule has 0 saturated heterocycles. The summed E-state index contributed by atoms with van der Waals surface area (Å²) in [5.41, 5.74) is 5.78. The number of hydrogen-bond donors (Lipinski definition) is 0. The van der Waals surface area contributed by atoms with Crippen molar-refractivity contribution in [1.82, 2.24) is 38.7 Å². The summed E-state index contributed by atoms with van der Waals surface area (Å²) >= 11 is 0. The predicted molar refractivity (Wildman–Crippen MR) is 301 cm³/mol. The lowest BCUT2D eigenvalue weighted by Crippen LogP contribution is -2.41. The molecular formula is C62H68F2N8O4. The molecule has 0 bridgehead atoms. The van der Waals surface area contributed by atoms with E-state index in [9.17, 15) is 28.0 Å². The monoisotopic (exact) mass is 1030 g/mol. The van der Waals surface area contributed by atoms with Gasteiger partial charge < -0.3 is 19.6 Å². The molecule has 2 aromatic heterocycles. The van der Waals surface area contributed by atoms with E-state index in [-0.39, 0.29) is 35.8 Å². The number of aromatic nitrogens is 4. The number of amides is 2. The number of carbonyl (C=O) groups is 2. The highest BCUT2D eigenvalue weighted by molar-refractivity contribution is 5.81. The average molecular weight is 1030 g/mol. The van der Waals surface area contributed by atoms with Crippen molar-refractivity contribution in [1.29, 1.82) is 0 Å². The summed E-state index contributed by atoms with van der Waals surface area (Å²) in [5, 5.41) is 0.922. The minimum atomic E-state index is -0.521. The third kappa shape index (κ3) is 13.9. The van der Waals surface area contributed by atoms with Crippen molar-refractivity contribution in [2.45, 2.75) is 65.5 Å². The molecule has 2 amide bonds. The molecule has 0 spiro atoms. The van der Waals surface area contributed by atoms with Crippen molar-refractivity contribution in [3.63, 3.8) is 0 Å². The van der Waals surface area contributed by atoms with E-state index in [1.165, 1.54) is 39.0 Å². The van der Waals surface area contributed by atoms with Gasteiger partial charge in [0.25, 0.3) is 11.1 Å². The molecule has 0 aliphatic carbocycles. The van der Waals surface area contributed by atoms with Crippen LogP contribution in [0.1, 0.15) is 80.1 Å². The molecule has 2 unspecified atom stereocenters. The van der Waals surface area contributed by atoms with Crippen molar-refractivity contribution < 1.29 is 18.4 Å². The summed E-state index contributed by atoms with van der Waals surface area (Å²) < 4.78 is 30.5. The Morgan fingerprint density at radius 2 is 0.921 bits per heavy atom. The summed E-state index contributed by atoms with van der Waals surface area (Å²) in [6, 6.07) is 40.9. The summed E-state index contributed by atoms with van der Waals surface area (Å²) in [7, 11) is 7.83. The lowest BCUT2D eigenvalue weighted by Gasteiger charge is -2.31. The first kappa shape index (κ1) is 55.8. The number of para-hydroxylation sites is 2. The zero-order valence-corrected chi connectivity index (χ0v) is 44.8. The Kier molecular flexibility index (Phi) is 19.1. The average Bonchev–Trinajstić information content (AvgIpc) is 3.42. The minimum Gasteiger partial charge on any atom is -0.331 e. The van der Waals surface area contributed by atoms with Gasteiger partial charge >= 0.3 is 0 Å². The van der Waals surface area contributed by atoms with E-state index in [1.54, 1.807) is 70.5 Å². The molecule has 0 radical (unpaired) electrons. The maximum Gasteiger partial charge on any atom is 0.266 e. The van der Waals surface area contributed by atoms with Gasteiger partial charge in [-0.1, -0.05) is 98.3 Å². The Labute approximate surface area is 444 Å². The Bertz CT molecular complexity index is 3390. The van der Waals surface area contributed by atoms with E-state index in [4.69, 9.17) is 9.97 Å². The molecule has 2 atom stereocenters. The van der Waals surface area contributed by atoms with Gasteiger partial charge in [0.1, 0.15) is 23.3 Å². The molecule has 8 rings (SSSR count). The van der Waals surface area contributed by atoms with Crippen LogP contribution in [0, 0.1) is 11.6 Å². The molecule has 0 aliphatic heterocycles. The molecule has 0 N–H and O–H groups in total. The first-order valence-electron chi connectivity index (χ1n) is 25.8. The highest BCUT2D eigenvalue weighted by Crippen LogP contribution is 2.26. The molecule has 0 fully saturated rings. The molecule has 394 valence electrons. The van der Waals surface area contributed by atoms with Crippen molar-refractivity contribution in [3.05, 3.63) is 218 Å². The molecule has 14 heteroatoms. The topological polar surface area (TPSA) is 117 Å². The van der Waals surface area contributed by atoms with Crippen LogP contribution in [0.25, 0.3) is 39.3 Å². The maximum atomic E-state index is 13.7. The van der Waals surface area contributed by atoms with Crippen molar-refractivity contribution >= 4 is 39.7 Å². The largest absolute Gasteiger partial charge is 0.331 e. The van der Waals surface area contributed by atoms with Crippen LogP contribution in [0.15, 0.2) is 161 Å². The van der Waals surface area contributed by atoms with E-state index >= 15 is 0 Å². The van der Waals surface area contributed by atoms with E-state index in [0.29, 0.717) is 71.0 Å². The number of fused-ring (bicyclic) bond motifs is 2. The quantitative estimate of drug-likeness (QED) is 0.0786. The second-order valence-corrected chi connectivity index (χ2v) is 19.5. The Hall–Kier alpha value is -7.94. The number of carbonyl (C=O) groups excluding carboxylic acids is 2. The minimum absolute atomic E-state index is 0.0457.